The number of carbonyl (C=O) groups is 1. The van der Waals surface area contributed by atoms with E-state index in [1.54, 1.807) is 0 Å². The Hall–Kier alpha value is -1.62. The molecule has 114 valence electrons. The average Bonchev–Trinajstić information content (AvgIpc) is 2.97. The molecule has 1 unspecified atom stereocenters. The first-order valence-corrected chi connectivity index (χ1v) is 7.92. The third-order valence-electron chi connectivity index (χ3n) is 4.50. The number of aromatic nitrogens is 1. The summed E-state index contributed by atoms with van der Waals surface area (Å²) in [5.74, 6) is 1.41. The van der Waals surface area contributed by atoms with E-state index in [0.29, 0.717) is 6.04 Å². The smallest absolute Gasteiger partial charge is 0.223 e. The predicted octanol–water partition coefficient (Wildman–Crippen LogP) is 1.16. The molecule has 5 nitrogen and oxygen atoms in total. The van der Waals surface area contributed by atoms with Crippen molar-refractivity contribution in [2.75, 3.05) is 24.5 Å². The van der Waals surface area contributed by atoms with Crippen molar-refractivity contribution in [1.82, 2.24) is 15.6 Å². The number of nitrogens with zero attached hydrogens (tertiary/aromatic N) is 2. The van der Waals surface area contributed by atoms with Gasteiger partial charge in [-0.2, -0.15) is 0 Å². The summed E-state index contributed by atoms with van der Waals surface area (Å²) in [6.07, 6.45) is 4.72. The van der Waals surface area contributed by atoms with Gasteiger partial charge in [-0.15, -0.1) is 0 Å². The largest absolute Gasteiger partial charge is 0.354 e. The highest BCUT2D eigenvalue weighted by Gasteiger charge is 2.29. The second kappa shape index (κ2) is 6.43. The quantitative estimate of drug-likeness (QED) is 0.876. The number of rotatable bonds is 3. The van der Waals surface area contributed by atoms with E-state index in [0.717, 1.165) is 44.7 Å². The summed E-state index contributed by atoms with van der Waals surface area (Å²) in [5.41, 5.74) is 0. The monoisotopic (exact) mass is 288 g/mol. The van der Waals surface area contributed by atoms with Crippen molar-refractivity contribution in [3.8, 4) is 0 Å². The van der Waals surface area contributed by atoms with Gasteiger partial charge >= 0.3 is 0 Å². The molecule has 2 aliphatic rings. The molecule has 1 aromatic heterocycles. The zero-order chi connectivity index (χ0) is 14.7. The second-order valence-corrected chi connectivity index (χ2v) is 6.20. The highest BCUT2D eigenvalue weighted by molar-refractivity contribution is 5.79. The lowest BCUT2D eigenvalue weighted by Crippen LogP contribution is -2.46. The van der Waals surface area contributed by atoms with Crippen molar-refractivity contribution in [2.24, 2.45) is 5.92 Å². The fourth-order valence-corrected chi connectivity index (χ4v) is 3.32. The van der Waals surface area contributed by atoms with Crippen molar-refractivity contribution >= 4 is 11.7 Å². The molecule has 0 spiro atoms. The summed E-state index contributed by atoms with van der Waals surface area (Å²) in [6, 6.07) is 6.66. The van der Waals surface area contributed by atoms with E-state index >= 15 is 0 Å². The van der Waals surface area contributed by atoms with Crippen LogP contribution in [0.1, 0.15) is 26.2 Å². The highest BCUT2D eigenvalue weighted by Crippen LogP contribution is 2.20. The molecule has 0 aromatic carbocycles. The molecule has 0 aliphatic carbocycles. The summed E-state index contributed by atoms with van der Waals surface area (Å²) in [6.45, 7) is 4.93. The van der Waals surface area contributed by atoms with Gasteiger partial charge in [0.05, 0.1) is 0 Å². The molecule has 2 fully saturated rings. The number of hydrogen-bond acceptors (Lipinski definition) is 4. The number of amides is 1. The Bertz CT molecular complexity index is 478. The maximum Gasteiger partial charge on any atom is 0.223 e. The van der Waals surface area contributed by atoms with Crippen LogP contribution < -0.4 is 15.5 Å². The number of hydrogen-bond donors (Lipinski definition) is 2. The van der Waals surface area contributed by atoms with E-state index in [1.165, 1.54) is 0 Å². The maximum atomic E-state index is 12.4. The van der Waals surface area contributed by atoms with Gasteiger partial charge in [-0.25, -0.2) is 4.98 Å². The number of piperidine rings is 1. The van der Waals surface area contributed by atoms with Crippen LogP contribution in [0.25, 0.3) is 0 Å². The van der Waals surface area contributed by atoms with Crippen molar-refractivity contribution < 1.29 is 4.79 Å². The van der Waals surface area contributed by atoms with Crippen molar-refractivity contribution in [2.45, 2.75) is 38.3 Å². The molecule has 21 heavy (non-hydrogen) atoms. The zero-order valence-electron chi connectivity index (χ0n) is 12.6. The average molecular weight is 288 g/mol. The Kier molecular flexibility index (Phi) is 4.39. The molecule has 2 N–H and O–H groups in total. The van der Waals surface area contributed by atoms with Crippen molar-refractivity contribution in [3.63, 3.8) is 0 Å². The minimum Gasteiger partial charge on any atom is -0.354 e. The summed E-state index contributed by atoms with van der Waals surface area (Å²) in [4.78, 5) is 19.0. The minimum absolute atomic E-state index is 0.171. The molecular weight excluding hydrogens is 264 g/mol. The molecule has 0 saturated carbocycles. The van der Waals surface area contributed by atoms with Gasteiger partial charge in [0.25, 0.3) is 0 Å². The van der Waals surface area contributed by atoms with E-state index in [-0.39, 0.29) is 17.9 Å². The van der Waals surface area contributed by atoms with Crippen LogP contribution in [0.3, 0.4) is 0 Å². The first-order valence-electron chi connectivity index (χ1n) is 7.92. The number of pyridine rings is 1. The maximum absolute atomic E-state index is 12.4. The molecule has 0 bridgehead atoms. The lowest BCUT2D eigenvalue weighted by molar-refractivity contribution is -0.126. The van der Waals surface area contributed by atoms with E-state index in [2.05, 4.69) is 27.4 Å². The first kappa shape index (κ1) is 14.3. The predicted molar refractivity (Wildman–Crippen MR) is 83.2 cm³/mol. The Balaban J connectivity index is 1.51. The lowest BCUT2D eigenvalue weighted by atomic mass is 9.92. The van der Waals surface area contributed by atoms with Gasteiger partial charge in [0.15, 0.2) is 0 Å². The fraction of sp³-hybridized carbons (Fsp3) is 0.625. The third kappa shape index (κ3) is 3.53. The summed E-state index contributed by atoms with van der Waals surface area (Å²) in [7, 11) is 0. The van der Waals surface area contributed by atoms with Crippen LogP contribution in [0.15, 0.2) is 24.4 Å². The normalized spacial score (nSPS) is 29.4. The van der Waals surface area contributed by atoms with Crippen LogP contribution >= 0.6 is 0 Å². The lowest BCUT2D eigenvalue weighted by Gasteiger charge is -2.28. The van der Waals surface area contributed by atoms with Crippen LogP contribution in [0, 0.1) is 5.92 Å². The van der Waals surface area contributed by atoms with Gasteiger partial charge < -0.3 is 15.5 Å². The standard InChI is InChI=1S/C16H24N4O/c1-12-10-13(5-8-17-12)16(21)19-14-6-9-20(11-14)15-4-2-3-7-18-15/h2-4,7,12-14,17H,5-6,8-11H2,1H3,(H,19,21)/t12-,13-,14?/m0/s1. The molecule has 0 radical (unpaired) electrons. The van der Waals surface area contributed by atoms with E-state index in [4.69, 9.17) is 0 Å². The third-order valence-corrected chi connectivity index (χ3v) is 4.50. The van der Waals surface area contributed by atoms with Gasteiger partial charge in [-0.1, -0.05) is 6.07 Å². The molecular formula is C16H24N4O. The zero-order valence-corrected chi connectivity index (χ0v) is 12.6. The highest BCUT2D eigenvalue weighted by atomic mass is 16.2. The van der Waals surface area contributed by atoms with E-state index in [1.807, 2.05) is 24.4 Å². The summed E-state index contributed by atoms with van der Waals surface area (Å²) in [5, 5.41) is 6.63. The van der Waals surface area contributed by atoms with Crippen LogP contribution in [-0.2, 0) is 4.79 Å². The van der Waals surface area contributed by atoms with Gasteiger partial charge in [0, 0.05) is 37.3 Å². The SMILES string of the molecule is C[C@H]1C[C@@H](C(=O)NC2CCN(c3ccccn3)C2)CCN1. The van der Waals surface area contributed by atoms with E-state index < -0.39 is 0 Å². The van der Waals surface area contributed by atoms with Crippen LogP contribution in [0.4, 0.5) is 5.82 Å². The Morgan fingerprint density at radius 1 is 1.43 bits per heavy atom. The fourth-order valence-electron chi connectivity index (χ4n) is 3.32. The van der Waals surface area contributed by atoms with Gasteiger partial charge in [-0.3, -0.25) is 4.79 Å². The summed E-state index contributed by atoms with van der Waals surface area (Å²) < 4.78 is 0. The van der Waals surface area contributed by atoms with Crippen LogP contribution in [0.5, 0.6) is 0 Å². The number of anilines is 1. The molecule has 2 saturated heterocycles. The van der Waals surface area contributed by atoms with Gasteiger partial charge in [0.1, 0.15) is 5.82 Å². The molecule has 1 amide bonds. The number of nitrogens with one attached hydrogen (secondary N) is 2. The number of carbonyl (C=O) groups excluding carboxylic acids is 1. The molecule has 2 aliphatic heterocycles. The van der Waals surface area contributed by atoms with Gasteiger partial charge in [0.2, 0.25) is 5.91 Å². The van der Waals surface area contributed by atoms with Gasteiger partial charge in [-0.05, 0) is 44.9 Å². The topological polar surface area (TPSA) is 57.3 Å². The Labute approximate surface area is 126 Å². The molecule has 3 heterocycles. The Morgan fingerprint density at radius 3 is 3.10 bits per heavy atom. The van der Waals surface area contributed by atoms with Crippen LogP contribution in [-0.4, -0.2) is 42.6 Å². The molecule has 5 heteroatoms. The Morgan fingerprint density at radius 2 is 2.33 bits per heavy atom. The van der Waals surface area contributed by atoms with Crippen molar-refractivity contribution in [3.05, 3.63) is 24.4 Å². The molecule has 3 rings (SSSR count). The first-order chi connectivity index (χ1) is 10.2. The molecule has 1 aromatic rings. The second-order valence-electron chi connectivity index (χ2n) is 6.20. The van der Waals surface area contributed by atoms with Crippen molar-refractivity contribution in [1.29, 1.82) is 0 Å². The van der Waals surface area contributed by atoms with E-state index in [9.17, 15) is 4.79 Å². The summed E-state index contributed by atoms with van der Waals surface area (Å²) >= 11 is 0. The van der Waals surface area contributed by atoms with Crippen LogP contribution in [0.2, 0.25) is 0 Å². The molecule has 3 atom stereocenters. The minimum atomic E-state index is 0.171.